The zero-order valence-corrected chi connectivity index (χ0v) is 7.16. The Kier molecular flexibility index (Phi) is 6.51. The number of ether oxygens (including phenoxy) is 1. The maximum Gasteiger partial charge on any atom is 0.171 e. The molecule has 12 heavy (non-hydrogen) atoms. The fraction of sp³-hybridized carbons (Fsp3) is 0.750. The molecule has 1 unspecified atom stereocenters. The van der Waals surface area contributed by atoms with Gasteiger partial charge in [-0.2, -0.15) is 0 Å². The minimum absolute atomic E-state index is 0.0266. The van der Waals surface area contributed by atoms with E-state index in [9.17, 15) is 9.59 Å². The smallest absolute Gasteiger partial charge is 0.171 e. The van der Waals surface area contributed by atoms with Crippen LogP contribution >= 0.6 is 0 Å². The van der Waals surface area contributed by atoms with Gasteiger partial charge < -0.3 is 9.84 Å². The van der Waals surface area contributed by atoms with Crippen LogP contribution in [0.4, 0.5) is 0 Å². The van der Waals surface area contributed by atoms with Crippen molar-refractivity contribution in [2.45, 2.75) is 25.9 Å². The summed E-state index contributed by atoms with van der Waals surface area (Å²) in [4.78, 5) is 21.3. The second kappa shape index (κ2) is 6.94. The summed E-state index contributed by atoms with van der Waals surface area (Å²) in [7, 11) is 0. The lowest BCUT2D eigenvalue weighted by Gasteiger charge is -2.08. The molecule has 0 radical (unpaired) electrons. The van der Waals surface area contributed by atoms with Gasteiger partial charge >= 0.3 is 0 Å². The molecule has 0 aromatic carbocycles. The number of carbonyl (C=O) groups excluding carboxylic acids is 2. The van der Waals surface area contributed by atoms with Crippen LogP contribution in [0.15, 0.2) is 0 Å². The largest absolute Gasteiger partial charge is 0.394 e. The first-order chi connectivity index (χ1) is 5.76. The molecule has 0 aromatic heterocycles. The summed E-state index contributed by atoms with van der Waals surface area (Å²) in [6, 6.07) is 0. The van der Waals surface area contributed by atoms with Gasteiger partial charge in [0.2, 0.25) is 0 Å². The van der Waals surface area contributed by atoms with Gasteiger partial charge in [-0.15, -0.1) is 0 Å². The molecule has 0 amide bonds. The molecule has 4 heteroatoms. The van der Waals surface area contributed by atoms with Crippen LogP contribution in [0, 0.1) is 0 Å². The predicted molar refractivity (Wildman–Crippen MR) is 42.8 cm³/mol. The second-order valence-electron chi connectivity index (χ2n) is 2.37. The van der Waals surface area contributed by atoms with Gasteiger partial charge in [-0.25, -0.2) is 0 Å². The third kappa shape index (κ3) is 4.20. The summed E-state index contributed by atoms with van der Waals surface area (Å²) >= 11 is 0. The van der Waals surface area contributed by atoms with Crippen molar-refractivity contribution in [3.63, 3.8) is 0 Å². The molecule has 0 aliphatic heterocycles. The van der Waals surface area contributed by atoms with E-state index in [2.05, 4.69) is 0 Å². The Labute approximate surface area is 71.5 Å². The maximum atomic E-state index is 11.0. The molecule has 0 rings (SSSR count). The number of rotatable bonds is 7. The number of aliphatic hydroxyl groups excluding tert-OH is 1. The van der Waals surface area contributed by atoms with Gasteiger partial charge in [0.15, 0.2) is 18.2 Å². The highest BCUT2D eigenvalue weighted by Gasteiger charge is 2.16. The Morgan fingerprint density at radius 3 is 2.75 bits per heavy atom. The van der Waals surface area contributed by atoms with Crippen molar-refractivity contribution in [2.24, 2.45) is 0 Å². The first-order valence-corrected chi connectivity index (χ1v) is 3.96. The van der Waals surface area contributed by atoms with Gasteiger partial charge in [0.1, 0.15) is 0 Å². The minimum Gasteiger partial charge on any atom is -0.394 e. The molecule has 0 aliphatic carbocycles. The number of aldehydes is 1. The third-order valence-corrected chi connectivity index (χ3v) is 1.33. The summed E-state index contributed by atoms with van der Waals surface area (Å²) in [6.07, 6.45) is 0.519. The van der Waals surface area contributed by atoms with Crippen molar-refractivity contribution < 1.29 is 19.4 Å². The third-order valence-electron chi connectivity index (χ3n) is 1.33. The molecule has 0 spiro atoms. The van der Waals surface area contributed by atoms with Crippen LogP contribution in [0.2, 0.25) is 0 Å². The van der Waals surface area contributed by atoms with Gasteiger partial charge in [-0.05, 0) is 6.42 Å². The van der Waals surface area contributed by atoms with Crippen LogP contribution in [-0.2, 0) is 14.3 Å². The van der Waals surface area contributed by atoms with Crippen LogP contribution in [0.25, 0.3) is 0 Å². The average Bonchev–Trinajstić information content (AvgIpc) is 2.06. The van der Waals surface area contributed by atoms with Crippen LogP contribution < -0.4 is 0 Å². The zero-order valence-electron chi connectivity index (χ0n) is 7.16. The first-order valence-electron chi connectivity index (χ1n) is 3.96. The van der Waals surface area contributed by atoms with E-state index in [1.807, 2.05) is 6.92 Å². The highest BCUT2D eigenvalue weighted by atomic mass is 16.5. The standard InChI is InChI=1S/C8H14O4/c1-2-3-7(11)8(6-10)12-5-4-9/h6,8-9H,2-5H2,1H3. The molecule has 70 valence electrons. The molecule has 0 fully saturated rings. The van der Waals surface area contributed by atoms with E-state index in [1.165, 1.54) is 0 Å². The Hall–Kier alpha value is -0.740. The van der Waals surface area contributed by atoms with Crippen molar-refractivity contribution in [3.05, 3.63) is 0 Å². The summed E-state index contributed by atoms with van der Waals surface area (Å²) in [5.41, 5.74) is 0. The number of carbonyl (C=O) groups is 2. The molecule has 4 nitrogen and oxygen atoms in total. The lowest BCUT2D eigenvalue weighted by molar-refractivity contribution is -0.137. The van der Waals surface area contributed by atoms with Crippen molar-refractivity contribution in [2.75, 3.05) is 13.2 Å². The Bertz CT molecular complexity index is 144. The monoisotopic (exact) mass is 174 g/mol. The molecule has 0 saturated heterocycles. The summed E-state index contributed by atoms with van der Waals surface area (Å²) in [5.74, 6) is -0.221. The number of hydrogen-bond donors (Lipinski definition) is 1. The van der Waals surface area contributed by atoms with E-state index in [0.29, 0.717) is 19.1 Å². The van der Waals surface area contributed by atoms with Gasteiger partial charge in [0.05, 0.1) is 13.2 Å². The molecular formula is C8H14O4. The maximum absolute atomic E-state index is 11.0. The van der Waals surface area contributed by atoms with Crippen molar-refractivity contribution in [1.82, 2.24) is 0 Å². The molecule has 0 aromatic rings. The van der Waals surface area contributed by atoms with E-state index >= 15 is 0 Å². The Balaban J connectivity index is 3.79. The zero-order chi connectivity index (χ0) is 9.40. The van der Waals surface area contributed by atoms with Crippen LogP contribution in [0.5, 0.6) is 0 Å². The average molecular weight is 174 g/mol. The minimum atomic E-state index is -0.989. The second-order valence-corrected chi connectivity index (χ2v) is 2.37. The molecule has 1 N–H and O–H groups in total. The summed E-state index contributed by atoms with van der Waals surface area (Å²) < 4.78 is 4.79. The fourth-order valence-corrected chi connectivity index (χ4v) is 0.776. The van der Waals surface area contributed by atoms with Crippen LogP contribution in [-0.4, -0.2) is 36.5 Å². The van der Waals surface area contributed by atoms with E-state index < -0.39 is 6.10 Å². The van der Waals surface area contributed by atoms with E-state index in [4.69, 9.17) is 9.84 Å². The van der Waals surface area contributed by atoms with Gasteiger partial charge in [0, 0.05) is 6.42 Å². The van der Waals surface area contributed by atoms with E-state index in [1.54, 1.807) is 0 Å². The number of hydrogen-bond acceptors (Lipinski definition) is 4. The molecule has 0 saturated carbocycles. The quantitative estimate of drug-likeness (QED) is 0.433. The van der Waals surface area contributed by atoms with Crippen molar-refractivity contribution in [3.8, 4) is 0 Å². The van der Waals surface area contributed by atoms with E-state index in [-0.39, 0.29) is 19.0 Å². The van der Waals surface area contributed by atoms with Gasteiger partial charge in [0.25, 0.3) is 0 Å². The highest BCUT2D eigenvalue weighted by Crippen LogP contribution is 1.97. The lowest BCUT2D eigenvalue weighted by Crippen LogP contribution is -2.26. The topological polar surface area (TPSA) is 63.6 Å². The fourth-order valence-electron chi connectivity index (χ4n) is 0.776. The summed E-state index contributed by atoms with van der Waals surface area (Å²) in [6.45, 7) is 1.70. The van der Waals surface area contributed by atoms with E-state index in [0.717, 1.165) is 0 Å². The number of ketones is 1. The molecule has 0 heterocycles. The van der Waals surface area contributed by atoms with Crippen LogP contribution in [0.1, 0.15) is 19.8 Å². The first kappa shape index (κ1) is 11.3. The Morgan fingerprint density at radius 1 is 1.67 bits per heavy atom. The predicted octanol–water partition coefficient (Wildman–Crippen LogP) is -0.0680. The SMILES string of the molecule is CCCC(=O)C(C=O)OCCO. The molecule has 0 bridgehead atoms. The number of Topliss-reactive ketones (excluding diaryl/α,β-unsaturated/α-hetero) is 1. The molecular weight excluding hydrogens is 160 g/mol. The lowest BCUT2D eigenvalue weighted by atomic mass is 10.1. The Morgan fingerprint density at radius 2 is 2.33 bits per heavy atom. The summed E-state index contributed by atoms with van der Waals surface area (Å²) in [5, 5.41) is 8.37. The molecule has 0 aliphatic rings. The number of aliphatic hydroxyl groups is 1. The molecule has 1 atom stereocenters. The van der Waals surface area contributed by atoms with Crippen LogP contribution in [0.3, 0.4) is 0 Å². The van der Waals surface area contributed by atoms with Crippen molar-refractivity contribution in [1.29, 1.82) is 0 Å². The normalized spacial score (nSPS) is 12.5. The highest BCUT2D eigenvalue weighted by molar-refractivity contribution is 5.96. The van der Waals surface area contributed by atoms with Crippen molar-refractivity contribution >= 4 is 12.1 Å². The van der Waals surface area contributed by atoms with Gasteiger partial charge in [-0.1, -0.05) is 6.92 Å². The van der Waals surface area contributed by atoms with Gasteiger partial charge in [-0.3, -0.25) is 9.59 Å².